The molecule has 1 saturated carbocycles. The van der Waals surface area contributed by atoms with Crippen LogP contribution >= 0.6 is 11.3 Å². The third-order valence-electron chi connectivity index (χ3n) is 4.51. The number of nitrogens with two attached hydrogens (primary N) is 1. The summed E-state index contributed by atoms with van der Waals surface area (Å²) in [6.45, 7) is 2.36. The highest BCUT2D eigenvalue weighted by Gasteiger charge is 2.42. The van der Waals surface area contributed by atoms with E-state index in [0.29, 0.717) is 0 Å². The fraction of sp³-hybridized carbons (Fsp3) is 0.714. The van der Waals surface area contributed by atoms with Gasteiger partial charge in [-0.05, 0) is 68.1 Å². The number of rotatable bonds is 3. The van der Waals surface area contributed by atoms with Gasteiger partial charge in [0.25, 0.3) is 0 Å². The van der Waals surface area contributed by atoms with Gasteiger partial charge in [0.15, 0.2) is 0 Å². The van der Waals surface area contributed by atoms with Crippen molar-refractivity contribution in [3.8, 4) is 0 Å². The van der Waals surface area contributed by atoms with Crippen LogP contribution in [0.1, 0.15) is 44.2 Å². The molecular formula is C14H24N2S. The van der Waals surface area contributed by atoms with Gasteiger partial charge in [-0.2, -0.15) is 11.3 Å². The molecule has 1 fully saturated rings. The van der Waals surface area contributed by atoms with Gasteiger partial charge >= 0.3 is 0 Å². The van der Waals surface area contributed by atoms with E-state index in [-0.39, 0.29) is 11.6 Å². The molecule has 1 aliphatic rings. The summed E-state index contributed by atoms with van der Waals surface area (Å²) in [5.41, 5.74) is 8.02. The van der Waals surface area contributed by atoms with Crippen molar-refractivity contribution in [3.63, 3.8) is 0 Å². The first-order valence-electron chi connectivity index (χ1n) is 6.51. The third kappa shape index (κ3) is 2.42. The lowest BCUT2D eigenvalue weighted by Crippen LogP contribution is -2.54. The molecule has 2 nitrogen and oxygen atoms in total. The van der Waals surface area contributed by atoms with Crippen LogP contribution in [0, 0.1) is 5.92 Å². The van der Waals surface area contributed by atoms with Crippen LogP contribution in [0.3, 0.4) is 0 Å². The Morgan fingerprint density at radius 1 is 1.41 bits per heavy atom. The second-order valence-electron chi connectivity index (χ2n) is 5.71. The minimum Gasteiger partial charge on any atom is -0.322 e. The Kier molecular flexibility index (Phi) is 3.91. The summed E-state index contributed by atoms with van der Waals surface area (Å²) in [5.74, 6) is 0.859. The van der Waals surface area contributed by atoms with Crippen LogP contribution in [0.5, 0.6) is 0 Å². The van der Waals surface area contributed by atoms with Crippen molar-refractivity contribution >= 4 is 11.3 Å². The van der Waals surface area contributed by atoms with Crippen LogP contribution in [-0.4, -0.2) is 24.5 Å². The zero-order chi connectivity index (χ0) is 12.5. The maximum Gasteiger partial charge on any atom is 0.0490 e. The summed E-state index contributed by atoms with van der Waals surface area (Å²) >= 11 is 1.74. The van der Waals surface area contributed by atoms with Gasteiger partial charge in [0, 0.05) is 11.6 Å². The summed E-state index contributed by atoms with van der Waals surface area (Å²) in [6, 6.07) is 2.33. The number of likely N-dealkylation sites (N-methyl/N-ethyl adjacent to an activating group) is 1. The molecule has 0 saturated heterocycles. The van der Waals surface area contributed by atoms with Crippen LogP contribution in [-0.2, 0) is 0 Å². The van der Waals surface area contributed by atoms with E-state index in [1.807, 2.05) is 0 Å². The minimum absolute atomic E-state index is 0.149. The molecular weight excluding hydrogens is 228 g/mol. The van der Waals surface area contributed by atoms with Gasteiger partial charge in [0.1, 0.15) is 0 Å². The predicted octanol–water partition coefficient (Wildman–Crippen LogP) is 3.26. The molecule has 0 aliphatic heterocycles. The van der Waals surface area contributed by atoms with Crippen molar-refractivity contribution in [2.75, 3.05) is 14.1 Å². The molecule has 0 amide bonds. The van der Waals surface area contributed by atoms with Crippen LogP contribution < -0.4 is 5.73 Å². The molecule has 17 heavy (non-hydrogen) atoms. The van der Waals surface area contributed by atoms with Crippen LogP contribution in [0.15, 0.2) is 16.8 Å². The van der Waals surface area contributed by atoms with E-state index in [1.165, 1.54) is 31.2 Å². The summed E-state index contributed by atoms with van der Waals surface area (Å²) in [6.07, 6.45) is 5.04. The first-order valence-corrected chi connectivity index (χ1v) is 7.45. The van der Waals surface area contributed by atoms with Gasteiger partial charge < -0.3 is 10.6 Å². The van der Waals surface area contributed by atoms with Crippen LogP contribution in [0.25, 0.3) is 0 Å². The molecule has 1 heterocycles. The molecule has 1 aromatic rings. The maximum atomic E-state index is 6.56. The lowest BCUT2D eigenvalue weighted by Gasteiger charge is -2.48. The van der Waals surface area contributed by atoms with E-state index >= 15 is 0 Å². The van der Waals surface area contributed by atoms with Gasteiger partial charge in [0.05, 0.1) is 0 Å². The van der Waals surface area contributed by atoms with Crippen LogP contribution in [0.2, 0.25) is 0 Å². The van der Waals surface area contributed by atoms with Gasteiger partial charge in [0.2, 0.25) is 0 Å². The summed E-state index contributed by atoms with van der Waals surface area (Å²) < 4.78 is 0. The first kappa shape index (κ1) is 13.1. The third-order valence-corrected chi connectivity index (χ3v) is 5.21. The standard InChI is InChI=1S/C14H24N2S/c1-11-4-7-14(8-5-11,16(2)3)13(15)12-6-9-17-10-12/h6,9-11,13H,4-5,7-8,15H2,1-3H3. The van der Waals surface area contributed by atoms with E-state index in [4.69, 9.17) is 5.73 Å². The van der Waals surface area contributed by atoms with E-state index in [0.717, 1.165) is 5.92 Å². The van der Waals surface area contributed by atoms with Gasteiger partial charge in [-0.25, -0.2) is 0 Å². The Morgan fingerprint density at radius 2 is 2.06 bits per heavy atom. The Morgan fingerprint density at radius 3 is 2.53 bits per heavy atom. The Hall–Kier alpha value is -0.380. The van der Waals surface area contributed by atoms with E-state index in [9.17, 15) is 0 Å². The monoisotopic (exact) mass is 252 g/mol. The average Bonchev–Trinajstić information content (AvgIpc) is 2.82. The molecule has 0 bridgehead atoms. The zero-order valence-electron chi connectivity index (χ0n) is 11.1. The van der Waals surface area contributed by atoms with E-state index < -0.39 is 0 Å². The van der Waals surface area contributed by atoms with Crippen molar-refractivity contribution in [1.29, 1.82) is 0 Å². The summed E-state index contributed by atoms with van der Waals surface area (Å²) in [4.78, 5) is 2.36. The second-order valence-corrected chi connectivity index (χ2v) is 6.49. The fourth-order valence-electron chi connectivity index (χ4n) is 3.06. The van der Waals surface area contributed by atoms with Gasteiger partial charge in [-0.15, -0.1) is 0 Å². The molecule has 2 N–H and O–H groups in total. The molecule has 1 unspecified atom stereocenters. The molecule has 0 spiro atoms. The molecule has 96 valence electrons. The number of hydrogen-bond donors (Lipinski definition) is 1. The smallest absolute Gasteiger partial charge is 0.0490 e. The number of hydrogen-bond acceptors (Lipinski definition) is 3. The van der Waals surface area contributed by atoms with Crippen molar-refractivity contribution in [3.05, 3.63) is 22.4 Å². The lowest BCUT2D eigenvalue weighted by atomic mass is 9.71. The van der Waals surface area contributed by atoms with Gasteiger partial charge in [-0.3, -0.25) is 0 Å². The van der Waals surface area contributed by atoms with Gasteiger partial charge in [-0.1, -0.05) is 6.92 Å². The highest BCUT2D eigenvalue weighted by molar-refractivity contribution is 7.07. The minimum atomic E-state index is 0.149. The maximum absolute atomic E-state index is 6.56. The summed E-state index contributed by atoms with van der Waals surface area (Å²) in [5, 5.41) is 4.33. The Labute approximate surface area is 109 Å². The van der Waals surface area contributed by atoms with Crippen molar-refractivity contribution in [1.82, 2.24) is 4.90 Å². The SMILES string of the molecule is CC1CCC(C(N)c2ccsc2)(N(C)C)CC1. The topological polar surface area (TPSA) is 29.3 Å². The van der Waals surface area contributed by atoms with E-state index in [2.05, 4.69) is 42.7 Å². The quantitative estimate of drug-likeness (QED) is 0.894. The number of thiophene rings is 1. The summed E-state index contributed by atoms with van der Waals surface area (Å²) in [7, 11) is 4.37. The van der Waals surface area contributed by atoms with Crippen molar-refractivity contribution in [2.24, 2.45) is 11.7 Å². The lowest BCUT2D eigenvalue weighted by molar-refractivity contribution is 0.0566. The molecule has 0 aromatic carbocycles. The zero-order valence-corrected chi connectivity index (χ0v) is 12.0. The molecule has 1 atom stereocenters. The molecule has 1 aromatic heterocycles. The Bertz CT molecular complexity index is 337. The average molecular weight is 252 g/mol. The molecule has 3 heteroatoms. The van der Waals surface area contributed by atoms with Crippen molar-refractivity contribution in [2.45, 2.75) is 44.2 Å². The number of nitrogens with zero attached hydrogens (tertiary/aromatic N) is 1. The van der Waals surface area contributed by atoms with Crippen molar-refractivity contribution < 1.29 is 0 Å². The first-order chi connectivity index (χ1) is 8.06. The highest BCUT2D eigenvalue weighted by atomic mass is 32.1. The van der Waals surface area contributed by atoms with E-state index in [1.54, 1.807) is 11.3 Å². The molecule has 2 rings (SSSR count). The largest absolute Gasteiger partial charge is 0.322 e. The van der Waals surface area contributed by atoms with Crippen LogP contribution in [0.4, 0.5) is 0 Å². The predicted molar refractivity (Wildman–Crippen MR) is 75.3 cm³/mol. The molecule has 0 radical (unpaired) electrons. The second kappa shape index (κ2) is 5.09. The normalized spacial score (nSPS) is 31.7. The fourth-order valence-corrected chi connectivity index (χ4v) is 3.76. The Balaban J connectivity index is 2.22. The highest BCUT2D eigenvalue weighted by Crippen LogP contribution is 2.42. The molecule has 1 aliphatic carbocycles.